The first-order valence-corrected chi connectivity index (χ1v) is 9.35. The van der Waals surface area contributed by atoms with Gasteiger partial charge in [-0.3, -0.25) is 0 Å². The summed E-state index contributed by atoms with van der Waals surface area (Å²) in [5.41, 5.74) is -3.14. The third kappa shape index (κ3) is 4.47. The minimum atomic E-state index is -1.87. The zero-order valence-corrected chi connectivity index (χ0v) is 17.2. The first kappa shape index (κ1) is 20.6. The number of aryl methyl sites for hydroxylation is 2. The van der Waals surface area contributed by atoms with Gasteiger partial charge in [-0.05, 0) is 34.1 Å². The van der Waals surface area contributed by atoms with Crippen molar-refractivity contribution in [1.82, 2.24) is 15.0 Å². The Bertz CT molecular complexity index is 915. The third-order valence-electron chi connectivity index (χ3n) is 4.58. The Labute approximate surface area is 167 Å². The summed E-state index contributed by atoms with van der Waals surface area (Å²) in [6, 6.07) is 0. The van der Waals surface area contributed by atoms with Crippen LogP contribution in [0.4, 0.5) is 4.39 Å². The quantitative estimate of drug-likeness (QED) is 0.538. The molecule has 28 heavy (non-hydrogen) atoms. The molecule has 0 saturated carbocycles. The molecule has 7 nitrogen and oxygen atoms in total. The van der Waals surface area contributed by atoms with Crippen LogP contribution in [0.25, 0.3) is 0 Å². The van der Waals surface area contributed by atoms with Crippen LogP contribution in [0.1, 0.15) is 62.7 Å². The first-order valence-electron chi connectivity index (χ1n) is 8.90. The normalized spacial score (nSPS) is 18.4. The van der Waals surface area contributed by atoms with E-state index in [1.54, 1.807) is 27.0 Å². The van der Waals surface area contributed by atoms with Crippen LogP contribution in [0.5, 0.6) is 0 Å². The Kier molecular flexibility index (Phi) is 5.42. The molecule has 3 aromatic heterocycles. The van der Waals surface area contributed by atoms with Gasteiger partial charge in [0.1, 0.15) is 22.9 Å². The van der Waals surface area contributed by atoms with Crippen LogP contribution >= 0.6 is 12.6 Å². The molecule has 0 aliphatic carbocycles. The van der Waals surface area contributed by atoms with E-state index >= 15 is 4.39 Å². The Morgan fingerprint density at radius 2 is 1.82 bits per heavy atom. The standard InChI is InChI=1S/C19H24FN3O4S/c1-12-7-22-16(26-12)18(3,24)6-5-13-8-23-15(27-13)17(2,20)10-19(4,28)14-9-21-11-25-14/h7-9,11,24,28H,5-6,10H2,1-4H3. The van der Waals surface area contributed by atoms with Crippen LogP contribution in [0.3, 0.4) is 0 Å². The highest BCUT2D eigenvalue weighted by atomic mass is 32.1. The number of oxazole rings is 3. The Balaban J connectivity index is 1.67. The molecule has 1 N–H and O–H groups in total. The zero-order chi connectivity index (χ0) is 20.6. The fraction of sp³-hybridized carbons (Fsp3) is 0.526. The molecule has 3 rings (SSSR count). The molecule has 0 bridgehead atoms. The van der Waals surface area contributed by atoms with E-state index in [4.69, 9.17) is 13.3 Å². The number of aromatic nitrogens is 3. The van der Waals surface area contributed by atoms with E-state index in [9.17, 15) is 5.11 Å². The van der Waals surface area contributed by atoms with Crippen LogP contribution in [-0.4, -0.2) is 20.1 Å². The first-order chi connectivity index (χ1) is 13.0. The van der Waals surface area contributed by atoms with Crippen molar-refractivity contribution in [2.45, 2.75) is 63.0 Å². The van der Waals surface area contributed by atoms with Gasteiger partial charge in [0.25, 0.3) is 0 Å². The molecule has 0 amide bonds. The van der Waals surface area contributed by atoms with Gasteiger partial charge in [-0.15, -0.1) is 0 Å². The Morgan fingerprint density at radius 3 is 2.43 bits per heavy atom. The molecular weight excluding hydrogens is 385 g/mol. The molecule has 0 radical (unpaired) electrons. The maximum absolute atomic E-state index is 15.3. The summed E-state index contributed by atoms with van der Waals surface area (Å²) in [6.07, 6.45) is 6.42. The van der Waals surface area contributed by atoms with Gasteiger partial charge >= 0.3 is 0 Å². The van der Waals surface area contributed by atoms with Crippen LogP contribution in [0.2, 0.25) is 0 Å². The summed E-state index contributed by atoms with van der Waals surface area (Å²) in [7, 11) is 0. The molecule has 152 valence electrons. The van der Waals surface area contributed by atoms with E-state index in [0.717, 1.165) is 0 Å². The van der Waals surface area contributed by atoms with Crippen molar-refractivity contribution in [3.63, 3.8) is 0 Å². The summed E-state index contributed by atoms with van der Waals surface area (Å²) in [4.78, 5) is 12.0. The summed E-state index contributed by atoms with van der Waals surface area (Å²) >= 11 is 4.52. The second-order valence-corrected chi connectivity index (χ2v) is 8.68. The number of thiol groups is 1. The van der Waals surface area contributed by atoms with Gasteiger partial charge in [0.05, 0.1) is 23.3 Å². The van der Waals surface area contributed by atoms with Crippen molar-refractivity contribution in [2.75, 3.05) is 0 Å². The number of hydrogen-bond donors (Lipinski definition) is 2. The van der Waals surface area contributed by atoms with Crippen molar-refractivity contribution in [2.24, 2.45) is 0 Å². The van der Waals surface area contributed by atoms with Gasteiger partial charge in [-0.25, -0.2) is 19.3 Å². The second-order valence-electron chi connectivity index (χ2n) is 7.70. The molecule has 3 heterocycles. The predicted octanol–water partition coefficient (Wildman–Crippen LogP) is 4.22. The van der Waals surface area contributed by atoms with Crippen LogP contribution in [-0.2, 0) is 22.4 Å². The predicted molar refractivity (Wildman–Crippen MR) is 102 cm³/mol. The number of alkyl halides is 1. The number of hydrogen-bond acceptors (Lipinski definition) is 8. The van der Waals surface area contributed by atoms with Crippen molar-refractivity contribution >= 4 is 12.6 Å². The molecular formula is C19H24FN3O4S. The number of rotatable bonds is 8. The van der Waals surface area contributed by atoms with Crippen LogP contribution < -0.4 is 0 Å². The molecule has 3 aromatic rings. The summed E-state index contributed by atoms with van der Waals surface area (Å²) < 4.78 is 30.7. The van der Waals surface area contributed by atoms with E-state index in [2.05, 4.69) is 27.6 Å². The van der Waals surface area contributed by atoms with Crippen LogP contribution in [0.15, 0.2) is 38.2 Å². The summed E-state index contributed by atoms with van der Waals surface area (Å²) in [6.45, 7) is 6.50. The molecule has 0 fully saturated rings. The lowest BCUT2D eigenvalue weighted by Crippen LogP contribution is -2.27. The highest BCUT2D eigenvalue weighted by Crippen LogP contribution is 2.42. The Morgan fingerprint density at radius 1 is 1.11 bits per heavy atom. The maximum atomic E-state index is 15.3. The molecule has 9 heteroatoms. The topological polar surface area (TPSA) is 98.3 Å². The molecule has 3 unspecified atom stereocenters. The average molecular weight is 409 g/mol. The summed E-state index contributed by atoms with van der Waals surface area (Å²) in [5, 5.41) is 10.6. The van der Waals surface area contributed by atoms with Crippen molar-refractivity contribution in [3.05, 3.63) is 54.0 Å². The lowest BCUT2D eigenvalue weighted by atomic mass is 9.92. The molecule has 0 spiro atoms. The van der Waals surface area contributed by atoms with E-state index in [-0.39, 0.29) is 24.6 Å². The molecule has 0 aliphatic heterocycles. The molecule has 3 atom stereocenters. The van der Waals surface area contributed by atoms with E-state index in [1.807, 2.05) is 0 Å². The fourth-order valence-corrected chi connectivity index (χ4v) is 3.44. The lowest BCUT2D eigenvalue weighted by Gasteiger charge is -2.27. The SMILES string of the molecule is Cc1cnc(C(C)(O)CCc2cnc(C(C)(F)CC(C)(S)c3cnco3)o2)o1. The average Bonchev–Trinajstić information content (AvgIpc) is 3.33. The van der Waals surface area contributed by atoms with Gasteiger partial charge in [0.15, 0.2) is 12.1 Å². The largest absolute Gasteiger partial charge is 0.447 e. The van der Waals surface area contributed by atoms with Crippen molar-refractivity contribution in [3.8, 4) is 0 Å². The molecule has 0 aliphatic rings. The van der Waals surface area contributed by atoms with Gasteiger partial charge in [-0.1, -0.05) is 0 Å². The zero-order valence-electron chi connectivity index (χ0n) is 16.3. The Hall–Kier alpha value is -2.13. The van der Waals surface area contributed by atoms with Crippen molar-refractivity contribution in [1.29, 1.82) is 0 Å². The minimum Gasteiger partial charge on any atom is -0.447 e. The third-order valence-corrected chi connectivity index (χ3v) is 4.96. The highest BCUT2D eigenvalue weighted by Gasteiger charge is 2.41. The van der Waals surface area contributed by atoms with Gasteiger partial charge < -0.3 is 18.4 Å². The monoisotopic (exact) mass is 409 g/mol. The summed E-state index contributed by atoms with van der Waals surface area (Å²) in [5.74, 6) is 1.73. The number of halogens is 1. The molecule has 0 aromatic carbocycles. The van der Waals surface area contributed by atoms with Gasteiger partial charge in [-0.2, -0.15) is 12.6 Å². The maximum Gasteiger partial charge on any atom is 0.231 e. The van der Waals surface area contributed by atoms with Gasteiger partial charge in [0.2, 0.25) is 11.8 Å². The van der Waals surface area contributed by atoms with E-state index in [1.165, 1.54) is 25.7 Å². The molecule has 0 saturated heterocycles. The van der Waals surface area contributed by atoms with E-state index in [0.29, 0.717) is 23.7 Å². The highest BCUT2D eigenvalue weighted by molar-refractivity contribution is 7.81. The van der Waals surface area contributed by atoms with Crippen LogP contribution in [0, 0.1) is 6.92 Å². The second kappa shape index (κ2) is 7.36. The fourth-order valence-electron chi connectivity index (χ4n) is 3.03. The lowest BCUT2D eigenvalue weighted by molar-refractivity contribution is 0.0179. The van der Waals surface area contributed by atoms with E-state index < -0.39 is 16.0 Å². The number of aliphatic hydroxyl groups is 1. The number of nitrogens with zero attached hydrogens (tertiary/aromatic N) is 3. The van der Waals surface area contributed by atoms with Crippen molar-refractivity contribution < 1.29 is 22.7 Å². The smallest absolute Gasteiger partial charge is 0.231 e. The minimum absolute atomic E-state index is 0.0223. The van der Waals surface area contributed by atoms with Gasteiger partial charge in [0, 0.05) is 12.8 Å².